The number of nitriles is 1. The number of fused-ring (bicyclic) bond motifs is 1. The molecule has 4 aromatic rings. The molecule has 0 unspecified atom stereocenters. The van der Waals surface area contributed by atoms with Crippen molar-refractivity contribution in [1.82, 2.24) is 9.55 Å². The predicted octanol–water partition coefficient (Wildman–Crippen LogP) is 7.95. The molecule has 2 heterocycles. The van der Waals surface area contributed by atoms with Gasteiger partial charge < -0.3 is 4.57 Å². The molecule has 0 radical (unpaired) electrons. The molecule has 166 valence electrons. The van der Waals surface area contributed by atoms with Gasteiger partial charge in [0.15, 0.2) is 0 Å². The van der Waals surface area contributed by atoms with Gasteiger partial charge in [-0.25, -0.2) is 0 Å². The van der Waals surface area contributed by atoms with Crippen LogP contribution in [0.5, 0.6) is 0 Å². The highest BCUT2D eigenvalue weighted by atomic mass is 15.0. The standard InChI is InChI=1S/C30H31N3/c1-21(2)24-12-14-26(15-13-24)30-29(25-10-8-22(18-31)9-11-25)27-16-17-33(28(27)19-32-30)20-23-6-4-3-5-7-23/h8-17,19,21,23H,3-7,20H2,1-2H3. The van der Waals surface area contributed by atoms with E-state index in [0.29, 0.717) is 11.5 Å². The zero-order valence-corrected chi connectivity index (χ0v) is 19.6. The molecule has 3 heteroatoms. The Balaban J connectivity index is 1.63. The van der Waals surface area contributed by atoms with Crippen LogP contribution in [0.25, 0.3) is 33.3 Å². The summed E-state index contributed by atoms with van der Waals surface area (Å²) in [6.07, 6.45) is 11.0. The molecule has 3 nitrogen and oxygen atoms in total. The van der Waals surface area contributed by atoms with Crippen LogP contribution >= 0.6 is 0 Å². The summed E-state index contributed by atoms with van der Waals surface area (Å²) in [6.45, 7) is 5.51. The fourth-order valence-corrected chi connectivity index (χ4v) is 5.21. The van der Waals surface area contributed by atoms with Crippen molar-refractivity contribution in [3.63, 3.8) is 0 Å². The fourth-order valence-electron chi connectivity index (χ4n) is 5.21. The van der Waals surface area contributed by atoms with E-state index < -0.39 is 0 Å². The molecule has 0 saturated heterocycles. The normalized spacial score (nSPS) is 14.6. The number of hydrogen-bond donors (Lipinski definition) is 0. The molecule has 33 heavy (non-hydrogen) atoms. The molecule has 1 fully saturated rings. The number of nitrogens with zero attached hydrogens (tertiary/aromatic N) is 3. The maximum Gasteiger partial charge on any atom is 0.0991 e. The van der Waals surface area contributed by atoms with Gasteiger partial charge in [-0.3, -0.25) is 4.98 Å². The SMILES string of the molecule is CC(C)c1ccc(-c2ncc3c(ccn3CC3CCCCC3)c2-c2ccc(C#N)cc2)cc1. The number of aromatic nitrogens is 2. The summed E-state index contributed by atoms with van der Waals surface area (Å²) < 4.78 is 2.40. The van der Waals surface area contributed by atoms with Crippen molar-refractivity contribution >= 4 is 10.9 Å². The highest BCUT2D eigenvalue weighted by Gasteiger charge is 2.19. The first kappa shape index (κ1) is 21.5. The van der Waals surface area contributed by atoms with Crippen LogP contribution in [-0.2, 0) is 6.54 Å². The minimum atomic E-state index is 0.501. The second-order valence-corrected chi connectivity index (χ2v) is 9.72. The van der Waals surface area contributed by atoms with Crippen LogP contribution in [0.4, 0.5) is 0 Å². The van der Waals surface area contributed by atoms with Gasteiger partial charge in [-0.15, -0.1) is 0 Å². The van der Waals surface area contributed by atoms with Gasteiger partial charge in [-0.1, -0.05) is 69.5 Å². The van der Waals surface area contributed by atoms with Gasteiger partial charge in [0.25, 0.3) is 0 Å². The lowest BCUT2D eigenvalue weighted by molar-refractivity contribution is 0.322. The minimum Gasteiger partial charge on any atom is -0.346 e. The number of benzene rings is 2. The summed E-state index contributed by atoms with van der Waals surface area (Å²) in [4.78, 5) is 5.01. The van der Waals surface area contributed by atoms with Gasteiger partial charge >= 0.3 is 0 Å². The molecule has 0 amide bonds. The number of hydrogen-bond acceptors (Lipinski definition) is 2. The van der Waals surface area contributed by atoms with Crippen LogP contribution in [0.3, 0.4) is 0 Å². The molecule has 5 rings (SSSR count). The van der Waals surface area contributed by atoms with Crippen molar-refractivity contribution in [1.29, 1.82) is 5.26 Å². The fraction of sp³-hybridized carbons (Fsp3) is 0.333. The van der Waals surface area contributed by atoms with E-state index in [-0.39, 0.29) is 0 Å². The lowest BCUT2D eigenvalue weighted by Gasteiger charge is -2.22. The first-order valence-electron chi connectivity index (χ1n) is 12.2. The zero-order chi connectivity index (χ0) is 22.8. The Labute approximate surface area is 196 Å². The highest BCUT2D eigenvalue weighted by molar-refractivity contribution is 6.01. The molecule has 0 spiro atoms. The summed E-state index contributed by atoms with van der Waals surface area (Å²) in [5.74, 6) is 1.26. The van der Waals surface area contributed by atoms with Gasteiger partial charge in [0.1, 0.15) is 0 Å². The van der Waals surface area contributed by atoms with Crippen molar-refractivity contribution < 1.29 is 0 Å². The molecule has 0 aliphatic heterocycles. The molecule has 0 atom stereocenters. The van der Waals surface area contributed by atoms with Crippen LogP contribution in [0, 0.1) is 17.2 Å². The molecular formula is C30H31N3. The second-order valence-electron chi connectivity index (χ2n) is 9.72. The number of rotatable bonds is 5. The van der Waals surface area contributed by atoms with Crippen LogP contribution in [0.15, 0.2) is 67.0 Å². The second kappa shape index (κ2) is 9.24. The topological polar surface area (TPSA) is 41.6 Å². The van der Waals surface area contributed by atoms with Gasteiger partial charge in [-0.2, -0.15) is 5.26 Å². The molecular weight excluding hydrogens is 402 g/mol. The summed E-state index contributed by atoms with van der Waals surface area (Å²) in [5, 5.41) is 10.5. The molecule has 2 aromatic heterocycles. The van der Waals surface area contributed by atoms with E-state index in [0.717, 1.165) is 34.8 Å². The molecule has 0 bridgehead atoms. The lowest BCUT2D eigenvalue weighted by atomic mass is 9.89. The minimum absolute atomic E-state index is 0.501. The molecule has 1 saturated carbocycles. The summed E-state index contributed by atoms with van der Waals surface area (Å²) in [6, 6.07) is 21.2. The van der Waals surface area contributed by atoms with Crippen molar-refractivity contribution in [3.05, 3.63) is 78.1 Å². The van der Waals surface area contributed by atoms with Crippen LogP contribution in [-0.4, -0.2) is 9.55 Å². The summed E-state index contributed by atoms with van der Waals surface area (Å²) in [7, 11) is 0. The van der Waals surface area contributed by atoms with E-state index in [2.05, 4.69) is 79.3 Å². The first-order chi connectivity index (χ1) is 16.1. The Bertz CT molecular complexity index is 1280. The predicted molar refractivity (Wildman–Crippen MR) is 136 cm³/mol. The Hall–Kier alpha value is -3.38. The van der Waals surface area contributed by atoms with Gasteiger partial charge in [0.05, 0.1) is 29.0 Å². The summed E-state index contributed by atoms with van der Waals surface area (Å²) >= 11 is 0. The highest BCUT2D eigenvalue weighted by Crippen LogP contribution is 2.38. The maximum absolute atomic E-state index is 9.27. The third kappa shape index (κ3) is 4.31. The van der Waals surface area contributed by atoms with Gasteiger partial charge in [0.2, 0.25) is 0 Å². The smallest absolute Gasteiger partial charge is 0.0991 e. The molecule has 2 aromatic carbocycles. The van der Waals surface area contributed by atoms with E-state index >= 15 is 0 Å². The Morgan fingerprint density at radius 2 is 1.64 bits per heavy atom. The Morgan fingerprint density at radius 3 is 2.30 bits per heavy atom. The third-order valence-electron chi connectivity index (χ3n) is 7.16. The van der Waals surface area contributed by atoms with Crippen LogP contribution in [0.1, 0.15) is 63.0 Å². The van der Waals surface area contributed by atoms with Crippen molar-refractivity contribution in [2.75, 3.05) is 0 Å². The Kier molecular flexibility index (Phi) is 6.01. The van der Waals surface area contributed by atoms with Crippen LogP contribution < -0.4 is 0 Å². The van der Waals surface area contributed by atoms with Gasteiger partial charge in [-0.05, 0) is 54.0 Å². The zero-order valence-electron chi connectivity index (χ0n) is 19.6. The average molecular weight is 434 g/mol. The number of pyridine rings is 1. The van der Waals surface area contributed by atoms with E-state index in [1.54, 1.807) is 0 Å². The molecule has 1 aliphatic rings. The van der Waals surface area contributed by atoms with E-state index in [9.17, 15) is 5.26 Å². The quantitative estimate of drug-likeness (QED) is 0.320. The molecule has 0 N–H and O–H groups in total. The van der Waals surface area contributed by atoms with E-state index in [1.807, 2.05) is 12.1 Å². The molecule has 1 aliphatic carbocycles. The average Bonchev–Trinajstić information content (AvgIpc) is 3.27. The Morgan fingerprint density at radius 1 is 0.939 bits per heavy atom. The largest absolute Gasteiger partial charge is 0.346 e. The monoisotopic (exact) mass is 433 g/mol. The van der Waals surface area contributed by atoms with Crippen LogP contribution in [0.2, 0.25) is 0 Å². The van der Waals surface area contributed by atoms with E-state index in [1.165, 1.54) is 48.6 Å². The third-order valence-corrected chi connectivity index (χ3v) is 7.16. The van der Waals surface area contributed by atoms with E-state index in [4.69, 9.17) is 4.98 Å². The first-order valence-corrected chi connectivity index (χ1v) is 12.2. The van der Waals surface area contributed by atoms with Crippen molar-refractivity contribution in [2.24, 2.45) is 5.92 Å². The summed E-state index contributed by atoms with van der Waals surface area (Å²) in [5.41, 5.74) is 7.58. The lowest BCUT2D eigenvalue weighted by Crippen LogP contribution is -2.13. The maximum atomic E-state index is 9.27. The van der Waals surface area contributed by atoms with Crippen molar-refractivity contribution in [3.8, 4) is 28.5 Å². The van der Waals surface area contributed by atoms with Crippen molar-refractivity contribution in [2.45, 2.75) is 58.4 Å². The van der Waals surface area contributed by atoms with Gasteiger partial charge in [0, 0.05) is 29.3 Å².